The maximum absolute atomic E-state index is 2.78. The van der Waals surface area contributed by atoms with Gasteiger partial charge in [-0.25, -0.2) is 0 Å². The summed E-state index contributed by atoms with van der Waals surface area (Å²) >= 11 is 0. The fourth-order valence-corrected chi connectivity index (χ4v) is 5.24. The zero-order chi connectivity index (χ0) is 10.8. The standard InChI is InChI=1S/C15H25/c1-10(2)11-5-8-15(4)13-6-7-14(15,3)9-12(11)13/h9-13H,5-8H2,1-4H3/q+1. The van der Waals surface area contributed by atoms with Gasteiger partial charge >= 0.3 is 0 Å². The molecule has 84 valence electrons. The molecule has 0 spiro atoms. The summed E-state index contributed by atoms with van der Waals surface area (Å²) in [6.45, 7) is 9.97. The zero-order valence-corrected chi connectivity index (χ0v) is 10.7. The minimum Gasteiger partial charge on any atom is -0.0623 e. The Hall–Kier alpha value is -0.130. The summed E-state index contributed by atoms with van der Waals surface area (Å²) < 4.78 is 0. The molecule has 3 aliphatic rings. The van der Waals surface area contributed by atoms with E-state index in [1.807, 2.05) is 0 Å². The Kier molecular flexibility index (Phi) is 1.85. The van der Waals surface area contributed by atoms with Crippen LogP contribution in [-0.2, 0) is 0 Å². The summed E-state index contributed by atoms with van der Waals surface area (Å²) in [4.78, 5) is 0. The van der Waals surface area contributed by atoms with Crippen LogP contribution >= 0.6 is 0 Å². The van der Waals surface area contributed by atoms with E-state index in [2.05, 4.69) is 34.1 Å². The average molecular weight is 205 g/mol. The van der Waals surface area contributed by atoms with Crippen LogP contribution in [0, 0.1) is 40.9 Å². The lowest BCUT2D eigenvalue weighted by Crippen LogP contribution is -2.36. The lowest BCUT2D eigenvalue weighted by atomic mass is 9.61. The Morgan fingerprint density at radius 3 is 2.53 bits per heavy atom. The van der Waals surface area contributed by atoms with Gasteiger partial charge in [-0.3, -0.25) is 0 Å². The quantitative estimate of drug-likeness (QED) is 0.560. The number of rotatable bonds is 1. The molecule has 0 heterocycles. The van der Waals surface area contributed by atoms with Crippen molar-refractivity contribution >= 4 is 0 Å². The third-order valence-corrected chi connectivity index (χ3v) is 6.47. The third kappa shape index (κ3) is 1.02. The van der Waals surface area contributed by atoms with Crippen LogP contribution in [0.5, 0.6) is 0 Å². The van der Waals surface area contributed by atoms with Gasteiger partial charge in [-0.2, -0.15) is 0 Å². The van der Waals surface area contributed by atoms with Gasteiger partial charge in [0.05, 0.1) is 6.42 Å². The molecule has 0 aromatic carbocycles. The average Bonchev–Trinajstić information content (AvgIpc) is 2.47. The normalized spacial score (nSPS) is 57.3. The highest BCUT2D eigenvalue weighted by Gasteiger charge is 2.72. The second kappa shape index (κ2) is 2.76. The molecule has 0 radical (unpaired) electrons. The highest BCUT2D eigenvalue weighted by Crippen LogP contribution is 2.73. The molecule has 3 saturated carbocycles. The summed E-state index contributed by atoms with van der Waals surface area (Å²) in [6, 6.07) is 0. The van der Waals surface area contributed by atoms with E-state index in [1.54, 1.807) is 0 Å². The van der Waals surface area contributed by atoms with Gasteiger partial charge in [0.15, 0.2) is 0 Å². The van der Waals surface area contributed by atoms with E-state index in [-0.39, 0.29) is 0 Å². The molecule has 0 heteroatoms. The van der Waals surface area contributed by atoms with Gasteiger partial charge in [0.2, 0.25) is 0 Å². The Balaban J connectivity index is 1.96. The molecule has 0 aromatic rings. The van der Waals surface area contributed by atoms with E-state index >= 15 is 0 Å². The van der Waals surface area contributed by atoms with Gasteiger partial charge in [0, 0.05) is 17.3 Å². The van der Waals surface area contributed by atoms with Gasteiger partial charge < -0.3 is 0 Å². The van der Waals surface area contributed by atoms with Crippen LogP contribution in [0.3, 0.4) is 0 Å². The van der Waals surface area contributed by atoms with Crippen LogP contribution in [0.2, 0.25) is 0 Å². The molecule has 5 unspecified atom stereocenters. The van der Waals surface area contributed by atoms with Crippen LogP contribution in [0.4, 0.5) is 0 Å². The van der Waals surface area contributed by atoms with E-state index in [1.165, 1.54) is 25.7 Å². The molecule has 0 aromatic heterocycles. The predicted octanol–water partition coefficient (Wildman–Crippen LogP) is 4.31. The van der Waals surface area contributed by atoms with Crippen molar-refractivity contribution < 1.29 is 0 Å². The lowest BCUT2D eigenvalue weighted by Gasteiger charge is -2.39. The van der Waals surface area contributed by atoms with Crippen molar-refractivity contribution in [1.82, 2.24) is 0 Å². The topological polar surface area (TPSA) is 0 Å². The summed E-state index contributed by atoms with van der Waals surface area (Å²) in [5.41, 5.74) is 1.26. The van der Waals surface area contributed by atoms with Gasteiger partial charge in [0.1, 0.15) is 11.3 Å². The second-order valence-corrected chi connectivity index (χ2v) is 7.17. The van der Waals surface area contributed by atoms with Gasteiger partial charge in [0.25, 0.3) is 0 Å². The largest absolute Gasteiger partial charge is 0.111 e. The maximum atomic E-state index is 2.78. The molecule has 5 atom stereocenters. The van der Waals surface area contributed by atoms with Gasteiger partial charge in [-0.1, -0.05) is 20.8 Å². The fraction of sp³-hybridized carbons (Fsp3) is 0.933. The second-order valence-electron chi connectivity index (χ2n) is 7.17. The molecule has 3 aliphatic carbocycles. The molecule has 3 fully saturated rings. The van der Waals surface area contributed by atoms with Crippen molar-refractivity contribution in [3.63, 3.8) is 0 Å². The van der Waals surface area contributed by atoms with Crippen molar-refractivity contribution in [3.8, 4) is 0 Å². The smallest absolute Gasteiger partial charge is 0.0623 e. The highest BCUT2D eigenvalue weighted by molar-refractivity contribution is 5.22. The van der Waals surface area contributed by atoms with E-state index < -0.39 is 0 Å². The molecular weight excluding hydrogens is 180 g/mol. The Bertz CT molecular complexity index is 280. The minimum atomic E-state index is 0.589. The Morgan fingerprint density at radius 2 is 1.87 bits per heavy atom. The summed E-state index contributed by atoms with van der Waals surface area (Å²) in [5.74, 6) is 3.87. The first-order valence-corrected chi connectivity index (χ1v) is 6.84. The molecule has 0 N–H and O–H groups in total. The highest BCUT2D eigenvalue weighted by atomic mass is 14.7. The minimum absolute atomic E-state index is 0.589. The Labute approximate surface area is 94.8 Å². The van der Waals surface area contributed by atoms with Gasteiger partial charge in [-0.15, -0.1) is 0 Å². The van der Waals surface area contributed by atoms with E-state index in [9.17, 15) is 0 Å². The van der Waals surface area contributed by atoms with E-state index in [0.29, 0.717) is 10.8 Å². The van der Waals surface area contributed by atoms with E-state index in [4.69, 9.17) is 0 Å². The lowest BCUT2D eigenvalue weighted by molar-refractivity contribution is 0.0544. The van der Waals surface area contributed by atoms with Crippen LogP contribution < -0.4 is 0 Å². The summed E-state index contributed by atoms with van der Waals surface area (Å²) in [6.07, 6.45) is 8.73. The van der Waals surface area contributed by atoms with Crippen LogP contribution in [0.15, 0.2) is 0 Å². The molecular formula is C15H25+. The first-order valence-electron chi connectivity index (χ1n) is 6.84. The molecule has 0 saturated heterocycles. The first-order chi connectivity index (χ1) is 6.98. The summed E-state index contributed by atoms with van der Waals surface area (Å²) in [7, 11) is 0. The van der Waals surface area contributed by atoms with Crippen molar-refractivity contribution in [2.45, 2.75) is 53.4 Å². The van der Waals surface area contributed by atoms with Crippen molar-refractivity contribution in [2.24, 2.45) is 34.5 Å². The summed E-state index contributed by atoms with van der Waals surface area (Å²) in [5, 5.41) is 0. The zero-order valence-electron chi connectivity index (χ0n) is 10.7. The van der Waals surface area contributed by atoms with Gasteiger partial charge in [-0.05, 0) is 38.5 Å². The van der Waals surface area contributed by atoms with Crippen LogP contribution in [0.1, 0.15) is 53.4 Å². The Morgan fingerprint density at radius 1 is 1.13 bits per heavy atom. The SMILES string of the molecule is CC(C)C1CCC2(C)C3CCC2(C)[CH+]C13. The van der Waals surface area contributed by atoms with Crippen molar-refractivity contribution in [1.29, 1.82) is 0 Å². The molecule has 15 heavy (non-hydrogen) atoms. The number of hydrogen-bond donors (Lipinski definition) is 0. The van der Waals surface area contributed by atoms with Crippen LogP contribution in [0.25, 0.3) is 0 Å². The van der Waals surface area contributed by atoms with Crippen LogP contribution in [-0.4, -0.2) is 0 Å². The molecule has 3 rings (SSSR count). The predicted molar refractivity (Wildman–Crippen MR) is 64.3 cm³/mol. The first kappa shape index (κ1) is 10.1. The maximum Gasteiger partial charge on any atom is 0.111 e. The fourth-order valence-electron chi connectivity index (χ4n) is 5.24. The monoisotopic (exact) mass is 205 g/mol. The molecule has 0 nitrogen and oxygen atoms in total. The molecule has 4 bridgehead atoms. The van der Waals surface area contributed by atoms with E-state index in [0.717, 1.165) is 23.7 Å². The number of hydrogen-bond acceptors (Lipinski definition) is 0. The third-order valence-electron chi connectivity index (χ3n) is 6.47. The molecule has 0 aliphatic heterocycles. The van der Waals surface area contributed by atoms with Crippen molar-refractivity contribution in [3.05, 3.63) is 6.42 Å². The molecule has 0 amide bonds. The van der Waals surface area contributed by atoms with Crippen molar-refractivity contribution in [2.75, 3.05) is 0 Å².